The fraction of sp³-hybridized carbons (Fsp3) is 0.222. The third-order valence-corrected chi connectivity index (χ3v) is 5.40. The maximum absolute atomic E-state index is 12.8. The van der Waals surface area contributed by atoms with Gasteiger partial charge in [-0.05, 0) is 36.1 Å². The number of rotatable bonds is 6. The van der Waals surface area contributed by atoms with Crippen LogP contribution in [0.15, 0.2) is 94.9 Å². The number of hydrogen-bond donors (Lipinski definition) is 0. The zero-order valence-corrected chi connectivity index (χ0v) is 18.3. The molecule has 2 atom stereocenters. The van der Waals surface area contributed by atoms with Crippen molar-refractivity contribution in [2.75, 3.05) is 6.61 Å². The Labute approximate surface area is 188 Å². The first-order valence-electron chi connectivity index (χ1n) is 10.8. The molecule has 0 saturated heterocycles. The molecule has 0 spiro atoms. The fourth-order valence-corrected chi connectivity index (χ4v) is 3.76. The second-order valence-corrected chi connectivity index (χ2v) is 7.60. The summed E-state index contributed by atoms with van der Waals surface area (Å²) >= 11 is 0. The third kappa shape index (κ3) is 4.94. The second-order valence-electron chi connectivity index (χ2n) is 7.60. The van der Waals surface area contributed by atoms with Crippen molar-refractivity contribution < 1.29 is 14.3 Å². The Hall–Kier alpha value is -3.73. The maximum Gasteiger partial charge on any atom is 0.317 e. The van der Waals surface area contributed by atoms with Crippen LogP contribution in [0.1, 0.15) is 31.0 Å². The lowest BCUT2D eigenvalue weighted by atomic mass is 9.88. The van der Waals surface area contributed by atoms with Crippen molar-refractivity contribution in [1.29, 1.82) is 0 Å². The monoisotopic (exact) mass is 426 g/mol. The van der Waals surface area contributed by atoms with Gasteiger partial charge in [-0.2, -0.15) is 0 Å². The molecule has 0 radical (unpaired) electrons. The van der Waals surface area contributed by atoms with Crippen molar-refractivity contribution in [1.82, 2.24) is 0 Å². The third-order valence-electron chi connectivity index (χ3n) is 5.40. The van der Waals surface area contributed by atoms with E-state index in [0.717, 1.165) is 22.3 Å². The summed E-state index contributed by atoms with van der Waals surface area (Å²) in [6, 6.07) is 28.0. The summed E-state index contributed by atoms with van der Waals surface area (Å²) < 4.78 is 11.2. The summed E-state index contributed by atoms with van der Waals surface area (Å²) in [6.07, 6.45) is 0. The van der Waals surface area contributed by atoms with Gasteiger partial charge in [0.1, 0.15) is 12.5 Å². The molecule has 0 N–H and O–H groups in total. The van der Waals surface area contributed by atoms with E-state index in [4.69, 9.17) is 14.5 Å². The van der Waals surface area contributed by atoms with Gasteiger partial charge >= 0.3 is 12.0 Å². The molecule has 4 rings (SSSR count). The van der Waals surface area contributed by atoms with E-state index in [2.05, 4.69) is 17.1 Å². The maximum atomic E-state index is 12.8. The van der Waals surface area contributed by atoms with Gasteiger partial charge in [-0.1, -0.05) is 84.9 Å². The predicted molar refractivity (Wildman–Crippen MR) is 127 cm³/mol. The molecule has 162 valence electrons. The number of amidine groups is 1. The Bertz CT molecular complexity index is 1110. The minimum atomic E-state index is -0.582. The summed E-state index contributed by atoms with van der Waals surface area (Å²) in [5.41, 5.74) is 4.82. The number of esters is 1. The van der Waals surface area contributed by atoms with Crippen LogP contribution < -0.4 is 0 Å². The molecule has 1 aliphatic heterocycles. The van der Waals surface area contributed by atoms with Crippen LogP contribution in [-0.2, 0) is 20.9 Å². The molecule has 0 amide bonds. The zero-order valence-electron chi connectivity index (χ0n) is 18.3. The smallest absolute Gasteiger partial charge is 0.317 e. The molecule has 0 aliphatic carbocycles. The Balaban J connectivity index is 1.62. The largest absolute Gasteiger partial charge is 0.465 e. The van der Waals surface area contributed by atoms with Gasteiger partial charge in [0.05, 0.1) is 12.6 Å². The van der Waals surface area contributed by atoms with Gasteiger partial charge in [-0.3, -0.25) is 4.79 Å². The molecule has 5 heteroatoms. The summed E-state index contributed by atoms with van der Waals surface area (Å²) in [5.74, 6) is -0.904. The van der Waals surface area contributed by atoms with Crippen LogP contribution in [0.5, 0.6) is 0 Å². The molecule has 5 nitrogen and oxygen atoms in total. The van der Waals surface area contributed by atoms with Gasteiger partial charge in [-0.15, -0.1) is 0 Å². The van der Waals surface area contributed by atoms with Crippen LogP contribution in [0.25, 0.3) is 11.1 Å². The van der Waals surface area contributed by atoms with E-state index in [1.54, 1.807) is 6.92 Å². The first-order chi connectivity index (χ1) is 15.7. The first kappa shape index (κ1) is 21.5. The average molecular weight is 427 g/mol. The molecular weight excluding hydrogens is 400 g/mol. The molecule has 3 aromatic carbocycles. The molecule has 2 unspecified atom stereocenters. The van der Waals surface area contributed by atoms with E-state index in [9.17, 15) is 4.79 Å². The Morgan fingerprint density at radius 1 is 0.875 bits per heavy atom. The highest BCUT2D eigenvalue weighted by atomic mass is 16.5. The highest BCUT2D eigenvalue weighted by Gasteiger charge is 2.37. The van der Waals surface area contributed by atoms with E-state index in [0.29, 0.717) is 18.9 Å². The minimum Gasteiger partial charge on any atom is -0.465 e. The highest BCUT2D eigenvalue weighted by molar-refractivity contribution is 6.07. The van der Waals surface area contributed by atoms with E-state index >= 15 is 0 Å². The van der Waals surface area contributed by atoms with Gasteiger partial charge in [-0.25, -0.2) is 9.98 Å². The van der Waals surface area contributed by atoms with Crippen molar-refractivity contribution in [3.63, 3.8) is 0 Å². The van der Waals surface area contributed by atoms with Crippen molar-refractivity contribution in [2.24, 2.45) is 15.9 Å². The van der Waals surface area contributed by atoms with Gasteiger partial charge in [0.2, 0.25) is 0 Å². The lowest BCUT2D eigenvalue weighted by Gasteiger charge is -2.27. The van der Waals surface area contributed by atoms with Crippen molar-refractivity contribution >= 4 is 17.7 Å². The fourth-order valence-electron chi connectivity index (χ4n) is 3.76. The number of carbonyl (C=O) groups excluding carboxylic acids is 1. The molecule has 1 aliphatic rings. The number of benzene rings is 3. The van der Waals surface area contributed by atoms with E-state index in [-0.39, 0.29) is 12.0 Å². The number of aliphatic imine (C=N–C) groups is 2. The first-order valence-corrected chi connectivity index (χ1v) is 10.8. The SMILES string of the molecule is CCOC(=O)C1C(C)=NC(OCc2ccccc2)=NC1c1ccc(-c2ccccc2)cc1. The molecular formula is C27H26N2O3. The standard InChI is InChI=1S/C27H26N2O3/c1-3-31-26(30)24-19(2)28-27(32-18-20-10-6-4-7-11-20)29-25(24)23-16-14-22(15-17-23)21-12-8-5-9-13-21/h4-17,24-25H,3,18H2,1-2H3. The molecule has 0 saturated carbocycles. The van der Waals surface area contributed by atoms with E-state index < -0.39 is 12.0 Å². The lowest BCUT2D eigenvalue weighted by Crippen LogP contribution is -2.34. The van der Waals surface area contributed by atoms with Crippen LogP contribution in [-0.4, -0.2) is 24.3 Å². The molecule has 0 bridgehead atoms. The molecule has 0 aromatic heterocycles. The normalized spacial score (nSPS) is 17.8. The summed E-state index contributed by atoms with van der Waals surface area (Å²) in [6.45, 7) is 4.30. The Kier molecular flexibility index (Phi) is 6.75. The predicted octanol–water partition coefficient (Wildman–Crippen LogP) is 5.62. The van der Waals surface area contributed by atoms with Crippen LogP contribution in [0.3, 0.4) is 0 Å². The van der Waals surface area contributed by atoms with Crippen LogP contribution in [0.2, 0.25) is 0 Å². The number of nitrogens with zero attached hydrogens (tertiary/aromatic N) is 2. The second kappa shape index (κ2) is 10.1. The lowest BCUT2D eigenvalue weighted by molar-refractivity contribution is -0.146. The van der Waals surface area contributed by atoms with Crippen molar-refractivity contribution in [2.45, 2.75) is 26.5 Å². The summed E-state index contributed by atoms with van der Waals surface area (Å²) in [4.78, 5) is 21.9. The van der Waals surface area contributed by atoms with Gasteiger partial charge in [0.25, 0.3) is 0 Å². The average Bonchev–Trinajstić information content (AvgIpc) is 2.84. The van der Waals surface area contributed by atoms with Gasteiger partial charge in [0.15, 0.2) is 0 Å². The molecule has 0 fully saturated rings. The Morgan fingerprint density at radius 3 is 2.16 bits per heavy atom. The topological polar surface area (TPSA) is 60.2 Å². The summed E-state index contributed by atoms with van der Waals surface area (Å²) in [7, 11) is 0. The van der Waals surface area contributed by atoms with Gasteiger partial charge < -0.3 is 9.47 Å². The minimum absolute atomic E-state index is 0.282. The molecule has 1 heterocycles. The highest BCUT2D eigenvalue weighted by Crippen LogP contribution is 2.33. The summed E-state index contributed by atoms with van der Waals surface area (Å²) in [5, 5.41) is 0. The molecule has 3 aromatic rings. The van der Waals surface area contributed by atoms with Crippen LogP contribution in [0.4, 0.5) is 0 Å². The Morgan fingerprint density at radius 2 is 1.50 bits per heavy atom. The van der Waals surface area contributed by atoms with Crippen LogP contribution >= 0.6 is 0 Å². The zero-order chi connectivity index (χ0) is 22.3. The molecule has 32 heavy (non-hydrogen) atoms. The van der Waals surface area contributed by atoms with Crippen molar-refractivity contribution in [3.8, 4) is 11.1 Å². The quantitative estimate of drug-likeness (QED) is 0.481. The van der Waals surface area contributed by atoms with E-state index in [1.165, 1.54) is 0 Å². The van der Waals surface area contributed by atoms with E-state index in [1.807, 2.05) is 79.7 Å². The number of hydrogen-bond acceptors (Lipinski definition) is 5. The van der Waals surface area contributed by atoms with Crippen LogP contribution in [0, 0.1) is 5.92 Å². The van der Waals surface area contributed by atoms with Gasteiger partial charge in [0, 0.05) is 5.71 Å². The number of carbonyl (C=O) groups is 1. The van der Waals surface area contributed by atoms with Crippen molar-refractivity contribution in [3.05, 3.63) is 96.1 Å². The number of ether oxygens (including phenoxy) is 2.